The molecule has 0 fully saturated rings. The maximum atomic E-state index is 13.5. The third-order valence-corrected chi connectivity index (χ3v) is 6.60. The van der Waals surface area contributed by atoms with Crippen LogP contribution in [0.25, 0.3) is 0 Å². The standard InChI is InChI=1S/C28H29N3O3/c1-2-25-27(32)31(24-14-8-10-19-9-6-7-13-23(19)24)18-20-17-22(15-16-26(20)34-25)30-28(33)29-21-11-4-3-5-12-21/h3-7,9,11-13,15-17,24-25H,2,8,10,14,18H2,1H3,(H2,29,30,33)/t24-,25+/m1/s1. The summed E-state index contributed by atoms with van der Waals surface area (Å²) in [4.78, 5) is 28.0. The van der Waals surface area contributed by atoms with Gasteiger partial charge in [0.05, 0.1) is 12.6 Å². The van der Waals surface area contributed by atoms with Gasteiger partial charge in [-0.05, 0) is 67.1 Å². The first-order valence-electron chi connectivity index (χ1n) is 11.9. The topological polar surface area (TPSA) is 70.7 Å². The molecule has 3 amide bonds. The van der Waals surface area contributed by atoms with Gasteiger partial charge in [-0.3, -0.25) is 4.79 Å². The summed E-state index contributed by atoms with van der Waals surface area (Å²) in [6.07, 6.45) is 3.12. The molecule has 2 atom stereocenters. The number of nitrogens with zero attached hydrogens (tertiary/aromatic N) is 1. The van der Waals surface area contributed by atoms with Crippen LogP contribution < -0.4 is 15.4 Å². The van der Waals surface area contributed by atoms with E-state index in [1.54, 1.807) is 0 Å². The van der Waals surface area contributed by atoms with Gasteiger partial charge in [-0.15, -0.1) is 0 Å². The highest BCUT2D eigenvalue weighted by molar-refractivity contribution is 5.99. The lowest BCUT2D eigenvalue weighted by atomic mass is 9.86. The number of fused-ring (bicyclic) bond motifs is 2. The summed E-state index contributed by atoms with van der Waals surface area (Å²) in [5.41, 5.74) is 4.82. The zero-order chi connectivity index (χ0) is 23.5. The van der Waals surface area contributed by atoms with Crippen molar-refractivity contribution in [2.45, 2.75) is 51.3 Å². The van der Waals surface area contributed by atoms with E-state index >= 15 is 0 Å². The molecule has 1 aliphatic heterocycles. The van der Waals surface area contributed by atoms with Crippen molar-refractivity contribution in [1.82, 2.24) is 4.90 Å². The minimum atomic E-state index is -0.518. The normalized spacial score (nSPS) is 19.3. The molecule has 0 saturated carbocycles. The number of carbonyl (C=O) groups excluding carboxylic acids is 2. The summed E-state index contributed by atoms with van der Waals surface area (Å²) < 4.78 is 6.16. The van der Waals surface area contributed by atoms with Gasteiger partial charge < -0.3 is 20.3 Å². The number of aryl methyl sites for hydroxylation is 1. The van der Waals surface area contributed by atoms with E-state index < -0.39 is 6.10 Å². The molecule has 0 bridgehead atoms. The van der Waals surface area contributed by atoms with E-state index in [4.69, 9.17) is 4.74 Å². The van der Waals surface area contributed by atoms with Crippen molar-refractivity contribution >= 4 is 23.3 Å². The zero-order valence-electron chi connectivity index (χ0n) is 19.3. The molecule has 3 aromatic carbocycles. The molecule has 2 aliphatic rings. The average Bonchev–Trinajstić information content (AvgIpc) is 3.00. The quantitative estimate of drug-likeness (QED) is 0.514. The number of rotatable bonds is 4. The third kappa shape index (κ3) is 4.49. The largest absolute Gasteiger partial charge is 0.480 e. The second-order valence-corrected chi connectivity index (χ2v) is 8.86. The van der Waals surface area contributed by atoms with E-state index in [1.807, 2.05) is 60.4 Å². The Hall–Kier alpha value is -3.80. The van der Waals surface area contributed by atoms with Gasteiger partial charge in [0.2, 0.25) is 0 Å². The Morgan fingerprint density at radius 2 is 1.74 bits per heavy atom. The fourth-order valence-electron chi connectivity index (χ4n) is 4.93. The Bertz CT molecular complexity index is 1190. The van der Waals surface area contributed by atoms with E-state index in [-0.39, 0.29) is 18.0 Å². The van der Waals surface area contributed by atoms with Crippen LogP contribution in [0.3, 0.4) is 0 Å². The predicted molar refractivity (Wildman–Crippen MR) is 133 cm³/mol. The van der Waals surface area contributed by atoms with E-state index in [1.165, 1.54) is 11.1 Å². The number of urea groups is 1. The first-order chi connectivity index (χ1) is 16.6. The molecule has 0 saturated heterocycles. The first kappa shape index (κ1) is 22.0. The van der Waals surface area contributed by atoms with Crippen LogP contribution in [0.4, 0.5) is 16.2 Å². The second-order valence-electron chi connectivity index (χ2n) is 8.86. The van der Waals surface area contributed by atoms with Crippen LogP contribution in [0.1, 0.15) is 48.9 Å². The number of hydrogen-bond acceptors (Lipinski definition) is 3. The minimum Gasteiger partial charge on any atom is -0.480 e. The molecule has 6 heteroatoms. The monoisotopic (exact) mass is 455 g/mol. The lowest BCUT2D eigenvalue weighted by Crippen LogP contribution is -2.42. The molecular weight excluding hydrogens is 426 g/mol. The Morgan fingerprint density at radius 3 is 2.56 bits per heavy atom. The molecule has 0 unspecified atom stereocenters. The number of hydrogen-bond donors (Lipinski definition) is 2. The van der Waals surface area contributed by atoms with Crippen molar-refractivity contribution in [2.24, 2.45) is 0 Å². The lowest BCUT2D eigenvalue weighted by Gasteiger charge is -2.36. The SMILES string of the molecule is CC[C@@H]1Oc2ccc(NC(=O)Nc3ccccc3)cc2CN([C@@H]2CCCc3ccccc32)C1=O. The van der Waals surface area contributed by atoms with Crippen LogP contribution in [0.5, 0.6) is 5.75 Å². The number of nitrogens with one attached hydrogen (secondary N) is 2. The van der Waals surface area contributed by atoms with Gasteiger partial charge in [0.1, 0.15) is 5.75 Å². The zero-order valence-corrected chi connectivity index (χ0v) is 19.3. The number of anilines is 2. The van der Waals surface area contributed by atoms with Crippen molar-refractivity contribution in [2.75, 3.05) is 10.6 Å². The number of para-hydroxylation sites is 1. The average molecular weight is 456 g/mol. The highest BCUT2D eigenvalue weighted by Crippen LogP contribution is 2.39. The van der Waals surface area contributed by atoms with Crippen LogP contribution in [-0.2, 0) is 17.8 Å². The van der Waals surface area contributed by atoms with Crippen molar-refractivity contribution in [3.63, 3.8) is 0 Å². The van der Waals surface area contributed by atoms with Crippen LogP contribution in [0.15, 0.2) is 72.8 Å². The lowest BCUT2D eigenvalue weighted by molar-refractivity contribution is -0.141. The van der Waals surface area contributed by atoms with Gasteiger partial charge in [-0.25, -0.2) is 4.79 Å². The van der Waals surface area contributed by atoms with E-state index in [9.17, 15) is 9.59 Å². The molecule has 34 heavy (non-hydrogen) atoms. The van der Waals surface area contributed by atoms with Gasteiger partial charge in [0.25, 0.3) is 5.91 Å². The first-order valence-corrected chi connectivity index (χ1v) is 11.9. The molecule has 6 nitrogen and oxygen atoms in total. The summed E-state index contributed by atoms with van der Waals surface area (Å²) in [5, 5.41) is 5.73. The van der Waals surface area contributed by atoms with Crippen molar-refractivity contribution in [3.8, 4) is 5.75 Å². The summed E-state index contributed by atoms with van der Waals surface area (Å²) in [5.74, 6) is 0.720. The highest BCUT2D eigenvalue weighted by atomic mass is 16.5. The minimum absolute atomic E-state index is 0.0248. The van der Waals surface area contributed by atoms with Crippen LogP contribution in [0.2, 0.25) is 0 Å². The maximum absolute atomic E-state index is 13.5. The van der Waals surface area contributed by atoms with Crippen LogP contribution in [0, 0.1) is 0 Å². The Morgan fingerprint density at radius 1 is 0.971 bits per heavy atom. The summed E-state index contributed by atoms with van der Waals surface area (Å²) in [7, 11) is 0. The molecular formula is C28H29N3O3. The summed E-state index contributed by atoms with van der Waals surface area (Å²) in [6.45, 7) is 2.42. The van der Waals surface area contributed by atoms with Crippen LogP contribution in [-0.4, -0.2) is 22.9 Å². The fraction of sp³-hybridized carbons (Fsp3) is 0.286. The van der Waals surface area contributed by atoms with Crippen molar-refractivity contribution < 1.29 is 14.3 Å². The molecule has 3 aromatic rings. The second kappa shape index (κ2) is 9.59. The van der Waals surface area contributed by atoms with E-state index in [0.29, 0.717) is 24.4 Å². The number of benzene rings is 3. The highest BCUT2D eigenvalue weighted by Gasteiger charge is 2.36. The van der Waals surface area contributed by atoms with Crippen molar-refractivity contribution in [1.29, 1.82) is 0 Å². The molecule has 5 rings (SSSR count). The molecule has 174 valence electrons. The summed E-state index contributed by atoms with van der Waals surface area (Å²) >= 11 is 0. The van der Waals surface area contributed by atoms with E-state index in [0.717, 1.165) is 30.5 Å². The van der Waals surface area contributed by atoms with Crippen molar-refractivity contribution in [3.05, 3.63) is 89.5 Å². The van der Waals surface area contributed by atoms with Gasteiger partial charge in [-0.1, -0.05) is 49.4 Å². The van der Waals surface area contributed by atoms with Crippen LogP contribution >= 0.6 is 0 Å². The van der Waals surface area contributed by atoms with Gasteiger partial charge >= 0.3 is 6.03 Å². The molecule has 1 heterocycles. The Kier molecular flexibility index (Phi) is 6.21. The molecule has 2 N–H and O–H groups in total. The molecule has 1 aliphatic carbocycles. The smallest absolute Gasteiger partial charge is 0.323 e. The maximum Gasteiger partial charge on any atom is 0.323 e. The van der Waals surface area contributed by atoms with E-state index in [2.05, 4.69) is 34.9 Å². The third-order valence-electron chi connectivity index (χ3n) is 6.60. The molecule has 0 aromatic heterocycles. The predicted octanol–water partition coefficient (Wildman–Crippen LogP) is 5.91. The Balaban J connectivity index is 1.42. The molecule has 0 radical (unpaired) electrons. The number of amides is 3. The Labute approximate surface area is 199 Å². The van der Waals surface area contributed by atoms with Gasteiger partial charge in [0.15, 0.2) is 6.10 Å². The van der Waals surface area contributed by atoms with Gasteiger partial charge in [0, 0.05) is 16.9 Å². The van der Waals surface area contributed by atoms with Gasteiger partial charge in [-0.2, -0.15) is 0 Å². The number of ether oxygens (including phenoxy) is 1. The fourth-order valence-corrected chi connectivity index (χ4v) is 4.93. The molecule has 0 spiro atoms. The summed E-state index contributed by atoms with van der Waals surface area (Å²) in [6, 6.07) is 23.0. The number of carbonyl (C=O) groups is 2.